The van der Waals surface area contributed by atoms with E-state index in [0.717, 1.165) is 22.3 Å². The number of carboxylic acids is 1. The molecule has 332 valence electrons. The molecule has 4 amide bonds. The van der Waals surface area contributed by atoms with Crippen LogP contribution in [0.1, 0.15) is 61.8 Å². The van der Waals surface area contributed by atoms with E-state index in [4.69, 9.17) is 26.1 Å². The Morgan fingerprint density at radius 3 is 1.93 bits per heavy atom. The molecule has 0 heterocycles. The summed E-state index contributed by atoms with van der Waals surface area (Å²) in [7, 11) is 0. The maximum atomic E-state index is 14.3. The van der Waals surface area contributed by atoms with E-state index in [1.54, 1.807) is 0 Å². The van der Waals surface area contributed by atoms with Gasteiger partial charge in [0.25, 0.3) is 0 Å². The van der Waals surface area contributed by atoms with Crippen LogP contribution in [0.3, 0.4) is 0 Å². The molecule has 1 aliphatic rings. The quantitative estimate of drug-likeness (QED) is 0.0467. The smallest absolute Gasteiger partial charge is 0.475 e. The highest BCUT2D eigenvalue weighted by Crippen LogP contribution is 2.29. The van der Waals surface area contributed by atoms with Crippen LogP contribution in [0.4, 0.5) is 18.0 Å². The topological polar surface area (TPSA) is 248 Å². The molecule has 4 atom stereocenters. The van der Waals surface area contributed by atoms with Crippen LogP contribution < -0.4 is 32.7 Å². The van der Waals surface area contributed by atoms with Crippen LogP contribution in [-0.4, -0.2) is 89.5 Å². The standard InChI is InChI=1S/C41H55N7O6.C2HF3O2/c1-27(2)22-34(35(49)25-36(50)44-21-19-28-12-5-3-6-13-28)46-39(52)37(32-23-30-16-9-10-17-31(30)24-32)48-38(51)33(18-11-20-45-40(42)43)47-41(53)54-26-29-14-7-4-8-15-29;3-2(4,5)1(6)7/h3-10,12-17,27,32-35,37,49H,11,18-26H2,1-2H3,(H,44,50)(H,46,52)(H,47,53)(H,48,51)(H4,42,43,45);(H,6,7)/t33-,34-,35-,37-;/m0./s1. The molecule has 3 aromatic rings. The molecule has 0 bridgehead atoms. The highest BCUT2D eigenvalue weighted by atomic mass is 19.4. The summed E-state index contributed by atoms with van der Waals surface area (Å²) in [6.45, 7) is 4.57. The Morgan fingerprint density at radius 1 is 0.836 bits per heavy atom. The van der Waals surface area contributed by atoms with E-state index < -0.39 is 54.3 Å². The number of nitrogens with zero attached hydrogens (tertiary/aromatic N) is 1. The molecule has 4 rings (SSSR count). The minimum absolute atomic E-state index is 0.00495. The number of aliphatic imine (C=N–C) groups is 1. The minimum Gasteiger partial charge on any atom is -0.475 e. The fraction of sp³-hybridized carbons (Fsp3) is 0.442. The first kappa shape index (κ1) is 49.2. The van der Waals surface area contributed by atoms with Gasteiger partial charge in [-0.1, -0.05) is 98.8 Å². The Kier molecular flexibility index (Phi) is 20.0. The zero-order valence-corrected chi connectivity index (χ0v) is 34.2. The number of carboxylic acid groups (broad SMARTS) is 1. The first-order valence-corrected chi connectivity index (χ1v) is 19.9. The summed E-state index contributed by atoms with van der Waals surface area (Å²) < 4.78 is 37.1. The summed E-state index contributed by atoms with van der Waals surface area (Å²) in [5, 5.41) is 29.9. The van der Waals surface area contributed by atoms with E-state index in [1.165, 1.54) is 0 Å². The second-order valence-electron chi connectivity index (χ2n) is 15.0. The molecule has 1 aliphatic carbocycles. The van der Waals surface area contributed by atoms with Crippen LogP contribution in [0, 0.1) is 11.8 Å². The molecule has 0 aliphatic heterocycles. The van der Waals surface area contributed by atoms with Crippen molar-refractivity contribution in [2.45, 2.75) is 95.8 Å². The van der Waals surface area contributed by atoms with Gasteiger partial charge in [-0.15, -0.1) is 0 Å². The van der Waals surface area contributed by atoms with Crippen molar-refractivity contribution in [2.24, 2.45) is 28.3 Å². The van der Waals surface area contributed by atoms with Gasteiger partial charge in [0.15, 0.2) is 5.96 Å². The van der Waals surface area contributed by atoms with Crippen molar-refractivity contribution < 1.29 is 52.1 Å². The van der Waals surface area contributed by atoms with Crippen molar-refractivity contribution in [2.75, 3.05) is 13.1 Å². The largest absolute Gasteiger partial charge is 0.490 e. The number of halogens is 3. The fourth-order valence-corrected chi connectivity index (χ4v) is 6.65. The molecular weight excluding hydrogens is 800 g/mol. The van der Waals surface area contributed by atoms with Crippen molar-refractivity contribution in [1.29, 1.82) is 0 Å². The Bertz CT molecular complexity index is 1870. The molecule has 3 aromatic carbocycles. The number of nitrogens with two attached hydrogens (primary N) is 2. The average molecular weight is 856 g/mol. The molecule has 10 N–H and O–H groups in total. The zero-order chi connectivity index (χ0) is 45.0. The lowest BCUT2D eigenvalue weighted by atomic mass is 9.92. The van der Waals surface area contributed by atoms with Crippen molar-refractivity contribution in [1.82, 2.24) is 21.3 Å². The normalized spacial score (nSPS) is 14.1. The molecule has 18 heteroatoms. The van der Waals surface area contributed by atoms with Gasteiger partial charge in [0.2, 0.25) is 17.7 Å². The number of carbonyl (C=O) groups is 5. The number of aliphatic carboxylic acids is 1. The molecular formula is C43H56F3N7O8. The van der Waals surface area contributed by atoms with Crippen LogP contribution in [0.25, 0.3) is 0 Å². The molecule has 0 saturated heterocycles. The Balaban J connectivity index is 0.00000130. The lowest BCUT2D eigenvalue weighted by Gasteiger charge is -2.31. The Hall–Kier alpha value is -6.17. The van der Waals surface area contributed by atoms with Crippen LogP contribution >= 0.6 is 0 Å². The van der Waals surface area contributed by atoms with Gasteiger partial charge in [-0.25, -0.2) is 9.59 Å². The maximum absolute atomic E-state index is 14.3. The Morgan fingerprint density at radius 2 is 1.39 bits per heavy atom. The number of guanidine groups is 1. The number of alkyl halides is 3. The number of hydrogen-bond acceptors (Lipinski definition) is 8. The number of fused-ring (bicyclic) bond motifs is 1. The van der Waals surface area contributed by atoms with E-state index in [9.17, 15) is 37.5 Å². The third-order valence-electron chi connectivity index (χ3n) is 9.63. The molecule has 15 nitrogen and oxygen atoms in total. The van der Waals surface area contributed by atoms with E-state index in [2.05, 4.69) is 26.3 Å². The summed E-state index contributed by atoms with van der Waals surface area (Å²) in [5.41, 5.74) is 15.0. The first-order valence-electron chi connectivity index (χ1n) is 19.9. The monoisotopic (exact) mass is 855 g/mol. The second kappa shape index (κ2) is 24.8. The molecule has 0 unspecified atom stereocenters. The predicted octanol–water partition coefficient (Wildman–Crippen LogP) is 3.51. The number of benzene rings is 3. The number of rotatable bonds is 20. The third-order valence-corrected chi connectivity index (χ3v) is 9.63. The van der Waals surface area contributed by atoms with Crippen molar-refractivity contribution >= 4 is 35.7 Å². The van der Waals surface area contributed by atoms with Gasteiger partial charge >= 0.3 is 18.2 Å². The summed E-state index contributed by atoms with van der Waals surface area (Å²) in [4.78, 5) is 67.0. The molecule has 0 spiro atoms. The minimum atomic E-state index is -5.08. The van der Waals surface area contributed by atoms with Crippen LogP contribution in [0.15, 0.2) is 89.9 Å². The fourth-order valence-electron chi connectivity index (χ4n) is 6.65. The predicted molar refractivity (Wildman–Crippen MR) is 222 cm³/mol. The lowest BCUT2D eigenvalue weighted by Crippen LogP contribution is -2.59. The number of aliphatic hydroxyl groups excluding tert-OH is 1. The lowest BCUT2D eigenvalue weighted by molar-refractivity contribution is -0.192. The number of nitrogens with one attached hydrogen (secondary N) is 4. The van der Waals surface area contributed by atoms with Gasteiger partial charge in [0, 0.05) is 13.1 Å². The van der Waals surface area contributed by atoms with Crippen LogP contribution in [-0.2, 0) is 49.8 Å². The number of aliphatic hydroxyl groups is 1. The van der Waals surface area contributed by atoms with E-state index in [0.29, 0.717) is 38.6 Å². The summed E-state index contributed by atoms with van der Waals surface area (Å²) >= 11 is 0. The van der Waals surface area contributed by atoms with Gasteiger partial charge in [-0.3, -0.25) is 19.4 Å². The second-order valence-corrected chi connectivity index (χ2v) is 15.0. The van der Waals surface area contributed by atoms with Gasteiger partial charge in [0.1, 0.15) is 18.7 Å². The van der Waals surface area contributed by atoms with Gasteiger partial charge < -0.3 is 47.7 Å². The highest BCUT2D eigenvalue weighted by Gasteiger charge is 2.39. The summed E-state index contributed by atoms with van der Waals surface area (Å²) in [6, 6.07) is 23.9. The van der Waals surface area contributed by atoms with Crippen molar-refractivity contribution in [3.8, 4) is 0 Å². The first-order chi connectivity index (χ1) is 28.9. The SMILES string of the molecule is CC(C)C[C@H](NC(=O)[C@@H](NC(=O)[C@H](CCCN=C(N)N)NC(=O)OCc1ccccc1)C1Cc2ccccc2C1)[C@@H](O)CC(=O)NCCc1ccccc1.O=C(O)C(F)(F)F. The summed E-state index contributed by atoms with van der Waals surface area (Å²) in [5.74, 6) is -4.47. The number of carbonyl (C=O) groups excluding carboxylic acids is 4. The highest BCUT2D eigenvalue weighted by molar-refractivity contribution is 5.92. The average Bonchev–Trinajstić information content (AvgIpc) is 3.64. The van der Waals surface area contributed by atoms with Gasteiger partial charge in [-0.2, -0.15) is 13.2 Å². The summed E-state index contributed by atoms with van der Waals surface area (Å²) in [6.07, 6.45) is -4.60. The molecule has 61 heavy (non-hydrogen) atoms. The van der Waals surface area contributed by atoms with E-state index >= 15 is 0 Å². The van der Waals surface area contributed by atoms with E-state index in [-0.39, 0.29) is 49.7 Å². The maximum Gasteiger partial charge on any atom is 0.490 e. The number of hydrogen-bond donors (Lipinski definition) is 8. The van der Waals surface area contributed by atoms with Crippen molar-refractivity contribution in [3.05, 3.63) is 107 Å². The van der Waals surface area contributed by atoms with Gasteiger partial charge in [-0.05, 0) is 72.6 Å². The van der Waals surface area contributed by atoms with Crippen LogP contribution in [0.2, 0.25) is 0 Å². The Labute approximate surface area is 352 Å². The number of amides is 4. The van der Waals surface area contributed by atoms with Crippen LogP contribution in [0.5, 0.6) is 0 Å². The third kappa shape index (κ3) is 18.3. The number of ether oxygens (including phenoxy) is 1. The zero-order valence-electron chi connectivity index (χ0n) is 34.2. The van der Waals surface area contributed by atoms with Gasteiger partial charge in [0.05, 0.1) is 18.6 Å². The molecule has 0 saturated carbocycles. The van der Waals surface area contributed by atoms with E-state index in [1.807, 2.05) is 98.8 Å². The van der Waals surface area contributed by atoms with Crippen molar-refractivity contribution in [3.63, 3.8) is 0 Å². The molecule has 0 aromatic heterocycles. The molecule has 0 fully saturated rings. The number of alkyl carbamates (subject to hydrolysis) is 1. The molecule has 0 radical (unpaired) electrons.